The summed E-state index contributed by atoms with van der Waals surface area (Å²) in [5.41, 5.74) is -0.597. The van der Waals surface area contributed by atoms with Gasteiger partial charge >= 0.3 is 12.1 Å². The summed E-state index contributed by atoms with van der Waals surface area (Å²) in [7, 11) is 0. The number of hydrogen-bond acceptors (Lipinski definition) is 5. The van der Waals surface area contributed by atoms with Crippen molar-refractivity contribution in [1.82, 2.24) is 4.90 Å². The Morgan fingerprint density at radius 1 is 1.40 bits per heavy atom. The molecule has 0 aliphatic carbocycles. The zero-order valence-corrected chi connectivity index (χ0v) is 12.5. The van der Waals surface area contributed by atoms with Gasteiger partial charge in [0, 0.05) is 6.08 Å². The Hall–Kier alpha value is -1.56. The molecule has 0 aromatic rings. The summed E-state index contributed by atoms with van der Waals surface area (Å²) in [6, 6.07) is -0.357. The minimum Gasteiger partial charge on any atom is -0.463 e. The molecule has 6 heteroatoms. The molecule has 0 spiro atoms. The molecule has 1 aliphatic rings. The van der Waals surface area contributed by atoms with Crippen LogP contribution in [0.3, 0.4) is 0 Å². The second-order valence-electron chi connectivity index (χ2n) is 5.70. The van der Waals surface area contributed by atoms with Crippen LogP contribution in [0.4, 0.5) is 4.79 Å². The molecule has 0 bridgehead atoms. The van der Waals surface area contributed by atoms with Crippen molar-refractivity contribution in [3.05, 3.63) is 12.2 Å². The molecule has 0 saturated carbocycles. The number of likely N-dealkylation sites (tertiary alicyclic amines) is 1. The van der Waals surface area contributed by atoms with Crippen molar-refractivity contribution >= 4 is 12.1 Å². The van der Waals surface area contributed by atoms with Gasteiger partial charge in [-0.15, -0.1) is 0 Å². The van der Waals surface area contributed by atoms with E-state index in [0.717, 1.165) is 0 Å². The molecule has 0 unspecified atom stereocenters. The number of aliphatic hydroxyl groups is 1. The van der Waals surface area contributed by atoms with Crippen molar-refractivity contribution in [3.8, 4) is 0 Å². The minimum absolute atomic E-state index is 0.201. The molecular weight excluding hydrogens is 262 g/mol. The van der Waals surface area contributed by atoms with Crippen molar-refractivity contribution in [2.75, 3.05) is 13.2 Å². The zero-order valence-electron chi connectivity index (χ0n) is 12.5. The van der Waals surface area contributed by atoms with Crippen molar-refractivity contribution in [3.63, 3.8) is 0 Å². The highest BCUT2D eigenvalue weighted by Crippen LogP contribution is 2.22. The van der Waals surface area contributed by atoms with Gasteiger partial charge < -0.3 is 14.6 Å². The number of esters is 1. The lowest BCUT2D eigenvalue weighted by atomic mass is 10.2. The lowest BCUT2D eigenvalue weighted by Crippen LogP contribution is -2.39. The van der Waals surface area contributed by atoms with E-state index < -0.39 is 23.8 Å². The standard InChI is InChI=1S/C14H23NO5/c1-5-19-12(17)7-6-10-8-11(16)9-15(10)13(18)20-14(2,3)4/h6-7,10-11,16H,5,8-9H2,1-4H3/b7-6+/t10-,11-/m1/s1. The number of carbonyl (C=O) groups excluding carboxylic acids is 2. The highest BCUT2D eigenvalue weighted by molar-refractivity contribution is 5.82. The minimum atomic E-state index is -0.612. The van der Waals surface area contributed by atoms with Crippen molar-refractivity contribution < 1.29 is 24.2 Å². The predicted octanol–water partition coefficient (Wildman–Crippen LogP) is 1.48. The van der Waals surface area contributed by atoms with Crippen LogP contribution in [-0.2, 0) is 14.3 Å². The van der Waals surface area contributed by atoms with E-state index in [-0.39, 0.29) is 12.6 Å². The highest BCUT2D eigenvalue weighted by Gasteiger charge is 2.35. The summed E-state index contributed by atoms with van der Waals surface area (Å²) < 4.78 is 10.1. The fraction of sp³-hybridized carbons (Fsp3) is 0.714. The maximum absolute atomic E-state index is 12.0. The molecule has 2 atom stereocenters. The number of ether oxygens (including phenoxy) is 2. The number of carbonyl (C=O) groups is 2. The zero-order chi connectivity index (χ0) is 15.3. The highest BCUT2D eigenvalue weighted by atomic mass is 16.6. The van der Waals surface area contributed by atoms with Gasteiger partial charge in [0.05, 0.1) is 25.3 Å². The molecule has 1 rings (SSSR count). The van der Waals surface area contributed by atoms with Gasteiger partial charge in [-0.1, -0.05) is 6.08 Å². The van der Waals surface area contributed by atoms with Gasteiger partial charge in [0.25, 0.3) is 0 Å². The Balaban J connectivity index is 2.69. The predicted molar refractivity (Wildman–Crippen MR) is 73.1 cm³/mol. The third-order valence-electron chi connectivity index (χ3n) is 2.69. The second-order valence-corrected chi connectivity index (χ2v) is 5.70. The Bertz CT molecular complexity index is 386. The van der Waals surface area contributed by atoms with Gasteiger partial charge in [-0.05, 0) is 34.1 Å². The molecule has 1 heterocycles. The summed E-state index contributed by atoms with van der Waals surface area (Å²) >= 11 is 0. The first-order valence-corrected chi connectivity index (χ1v) is 6.75. The number of hydrogen-bond donors (Lipinski definition) is 1. The summed E-state index contributed by atoms with van der Waals surface area (Å²) in [5, 5.41) is 9.69. The van der Waals surface area contributed by atoms with Crippen LogP contribution in [0.5, 0.6) is 0 Å². The number of β-amino-alcohol motifs (C(OH)–C–C–N with tert-alkyl or cyclic N) is 1. The van der Waals surface area contributed by atoms with E-state index in [1.165, 1.54) is 11.0 Å². The van der Waals surface area contributed by atoms with E-state index in [9.17, 15) is 14.7 Å². The SMILES string of the molecule is CCOC(=O)/C=C/[C@@H]1C[C@@H](O)CN1C(=O)OC(C)(C)C. The van der Waals surface area contributed by atoms with E-state index in [4.69, 9.17) is 9.47 Å². The summed E-state index contributed by atoms with van der Waals surface area (Å²) in [6.07, 6.45) is 2.13. The van der Waals surface area contributed by atoms with Crippen LogP contribution < -0.4 is 0 Å². The van der Waals surface area contributed by atoms with E-state index in [2.05, 4.69) is 0 Å². The van der Waals surface area contributed by atoms with Gasteiger partial charge in [0.2, 0.25) is 0 Å². The van der Waals surface area contributed by atoms with Crippen LogP contribution in [0, 0.1) is 0 Å². The first-order valence-electron chi connectivity index (χ1n) is 6.75. The lowest BCUT2D eigenvalue weighted by molar-refractivity contribution is -0.137. The summed E-state index contributed by atoms with van der Waals surface area (Å²) in [5.74, 6) is -0.460. The Kier molecular flexibility index (Phi) is 5.56. The molecule has 0 aromatic carbocycles. The van der Waals surface area contributed by atoms with Crippen molar-refractivity contribution in [2.45, 2.75) is 51.9 Å². The van der Waals surface area contributed by atoms with E-state index in [1.807, 2.05) is 0 Å². The van der Waals surface area contributed by atoms with E-state index in [0.29, 0.717) is 13.0 Å². The first-order chi connectivity index (χ1) is 9.23. The van der Waals surface area contributed by atoms with Crippen LogP contribution in [0.2, 0.25) is 0 Å². The average molecular weight is 285 g/mol. The maximum atomic E-state index is 12.0. The topological polar surface area (TPSA) is 76.1 Å². The summed E-state index contributed by atoms with van der Waals surface area (Å²) in [4.78, 5) is 24.7. The summed E-state index contributed by atoms with van der Waals surface area (Å²) in [6.45, 7) is 7.56. The molecule has 1 N–H and O–H groups in total. The van der Waals surface area contributed by atoms with Gasteiger partial charge in [0.1, 0.15) is 5.60 Å². The Morgan fingerprint density at radius 3 is 2.60 bits per heavy atom. The monoisotopic (exact) mass is 285 g/mol. The van der Waals surface area contributed by atoms with Crippen molar-refractivity contribution in [1.29, 1.82) is 0 Å². The molecule has 1 aliphatic heterocycles. The molecule has 1 fully saturated rings. The molecule has 20 heavy (non-hydrogen) atoms. The number of amides is 1. The molecule has 1 saturated heterocycles. The smallest absolute Gasteiger partial charge is 0.410 e. The number of rotatable bonds is 3. The third-order valence-corrected chi connectivity index (χ3v) is 2.69. The number of aliphatic hydroxyl groups excluding tert-OH is 1. The number of nitrogens with zero attached hydrogens (tertiary/aromatic N) is 1. The van der Waals surface area contributed by atoms with Crippen LogP contribution >= 0.6 is 0 Å². The van der Waals surface area contributed by atoms with Gasteiger partial charge in [-0.2, -0.15) is 0 Å². The second kappa shape index (κ2) is 6.74. The fourth-order valence-corrected chi connectivity index (χ4v) is 1.94. The van der Waals surface area contributed by atoms with Crippen LogP contribution in [0.1, 0.15) is 34.1 Å². The molecule has 0 aromatic heterocycles. The van der Waals surface area contributed by atoms with Crippen LogP contribution in [0.15, 0.2) is 12.2 Å². The van der Waals surface area contributed by atoms with E-state index >= 15 is 0 Å². The first kappa shape index (κ1) is 16.5. The lowest BCUT2D eigenvalue weighted by Gasteiger charge is -2.27. The fourth-order valence-electron chi connectivity index (χ4n) is 1.94. The average Bonchev–Trinajstić information content (AvgIpc) is 2.66. The van der Waals surface area contributed by atoms with Crippen LogP contribution in [0.25, 0.3) is 0 Å². The normalized spacial score (nSPS) is 23.1. The molecule has 6 nitrogen and oxygen atoms in total. The van der Waals surface area contributed by atoms with Gasteiger partial charge in [0.15, 0.2) is 0 Å². The maximum Gasteiger partial charge on any atom is 0.410 e. The molecular formula is C14H23NO5. The molecule has 114 valence electrons. The van der Waals surface area contributed by atoms with Crippen LogP contribution in [-0.4, -0.2) is 53.0 Å². The van der Waals surface area contributed by atoms with Gasteiger partial charge in [-0.3, -0.25) is 4.90 Å². The quantitative estimate of drug-likeness (QED) is 0.628. The third kappa shape index (κ3) is 5.21. The van der Waals surface area contributed by atoms with Crippen molar-refractivity contribution in [2.24, 2.45) is 0 Å². The Labute approximate surface area is 119 Å². The van der Waals surface area contributed by atoms with E-state index in [1.54, 1.807) is 33.8 Å². The van der Waals surface area contributed by atoms with Gasteiger partial charge in [-0.25, -0.2) is 9.59 Å². The largest absolute Gasteiger partial charge is 0.463 e. The molecule has 1 amide bonds. The molecule has 0 radical (unpaired) electrons. The Morgan fingerprint density at radius 2 is 2.05 bits per heavy atom.